The van der Waals surface area contributed by atoms with E-state index in [2.05, 4.69) is 10.6 Å². The van der Waals surface area contributed by atoms with Crippen LogP contribution in [0, 0.1) is 13.8 Å². The molecule has 0 aromatic heterocycles. The number of thiocarbonyl (C=S) groups is 1. The van der Waals surface area contributed by atoms with Gasteiger partial charge in [0.1, 0.15) is 0 Å². The quantitative estimate of drug-likeness (QED) is 0.646. The highest BCUT2D eigenvalue weighted by atomic mass is 32.1. The summed E-state index contributed by atoms with van der Waals surface area (Å²) in [4.78, 5) is 22.8. The molecule has 2 N–H and O–H groups in total. The molecule has 114 valence electrons. The van der Waals surface area contributed by atoms with Crippen LogP contribution in [-0.4, -0.2) is 23.6 Å². The van der Waals surface area contributed by atoms with Gasteiger partial charge in [-0.2, -0.15) is 0 Å². The van der Waals surface area contributed by atoms with E-state index in [1.807, 2.05) is 32.0 Å². The zero-order valence-electron chi connectivity index (χ0n) is 12.5. The number of esters is 1. The van der Waals surface area contributed by atoms with Gasteiger partial charge >= 0.3 is 5.97 Å². The summed E-state index contributed by atoms with van der Waals surface area (Å²) >= 11 is 5.08. The first kappa shape index (κ1) is 17.1. The van der Waals surface area contributed by atoms with Crippen LogP contribution in [-0.2, 0) is 14.3 Å². The average Bonchev–Trinajstić information content (AvgIpc) is 2.40. The van der Waals surface area contributed by atoms with Crippen molar-refractivity contribution < 1.29 is 14.3 Å². The van der Waals surface area contributed by atoms with Gasteiger partial charge in [0.25, 0.3) is 0 Å². The Kier molecular flexibility index (Phi) is 6.81. The summed E-state index contributed by atoms with van der Waals surface area (Å²) in [5.41, 5.74) is 3.04. The number of nitrogens with one attached hydrogen (secondary N) is 2. The van der Waals surface area contributed by atoms with Crippen LogP contribution in [0.25, 0.3) is 0 Å². The van der Waals surface area contributed by atoms with E-state index >= 15 is 0 Å². The second kappa shape index (κ2) is 8.36. The molecule has 0 fully saturated rings. The smallest absolute Gasteiger partial charge is 0.306 e. The summed E-state index contributed by atoms with van der Waals surface area (Å²) in [6.07, 6.45) is 0.0966. The highest BCUT2D eigenvalue weighted by Gasteiger charge is 2.09. The van der Waals surface area contributed by atoms with E-state index in [0.29, 0.717) is 6.61 Å². The number of aryl methyl sites for hydroxylation is 2. The Hall–Kier alpha value is -1.95. The first-order valence-corrected chi connectivity index (χ1v) is 7.17. The number of anilines is 1. The zero-order valence-corrected chi connectivity index (χ0v) is 13.3. The second-order valence-corrected chi connectivity index (χ2v) is 5.03. The molecule has 0 atom stereocenters. The minimum atomic E-state index is -0.388. The van der Waals surface area contributed by atoms with Crippen LogP contribution >= 0.6 is 12.2 Å². The Morgan fingerprint density at radius 3 is 2.57 bits per heavy atom. The van der Waals surface area contributed by atoms with E-state index in [4.69, 9.17) is 17.0 Å². The van der Waals surface area contributed by atoms with Crippen molar-refractivity contribution in [3.8, 4) is 0 Å². The van der Waals surface area contributed by atoms with Crippen LogP contribution in [0.5, 0.6) is 0 Å². The molecule has 1 amide bonds. The molecule has 0 radical (unpaired) electrons. The van der Waals surface area contributed by atoms with Crippen molar-refractivity contribution in [2.75, 3.05) is 11.9 Å². The predicted molar refractivity (Wildman–Crippen MR) is 86.1 cm³/mol. The Balaban J connectivity index is 2.42. The van der Waals surface area contributed by atoms with Crippen molar-refractivity contribution in [1.29, 1.82) is 0 Å². The molecule has 1 aromatic rings. The molecule has 0 unspecified atom stereocenters. The highest BCUT2D eigenvalue weighted by molar-refractivity contribution is 7.80. The fraction of sp³-hybridized carbons (Fsp3) is 0.400. The summed E-state index contributed by atoms with van der Waals surface area (Å²) in [6, 6.07) is 5.88. The molecular weight excluding hydrogens is 288 g/mol. The molecule has 0 saturated carbocycles. The molecule has 0 heterocycles. The lowest BCUT2D eigenvalue weighted by Gasteiger charge is -2.12. The third-order valence-corrected chi connectivity index (χ3v) is 2.95. The molecule has 0 spiro atoms. The number of hydrogen-bond donors (Lipinski definition) is 2. The van der Waals surface area contributed by atoms with Gasteiger partial charge in [0.15, 0.2) is 5.11 Å². The summed E-state index contributed by atoms with van der Waals surface area (Å²) in [5.74, 6) is -0.703. The Labute approximate surface area is 130 Å². The van der Waals surface area contributed by atoms with E-state index in [-0.39, 0.29) is 29.8 Å². The average molecular weight is 308 g/mol. The SMILES string of the molecule is CCOC(=O)CCC(=O)NC(=S)Nc1ccc(C)cc1C. The fourth-order valence-electron chi connectivity index (χ4n) is 1.75. The van der Waals surface area contributed by atoms with Gasteiger partial charge in [-0.3, -0.25) is 9.59 Å². The van der Waals surface area contributed by atoms with Gasteiger partial charge in [-0.25, -0.2) is 0 Å². The molecule has 1 rings (SSSR count). The van der Waals surface area contributed by atoms with E-state index < -0.39 is 0 Å². The summed E-state index contributed by atoms with van der Waals surface area (Å²) in [6.45, 7) is 6.00. The predicted octanol–water partition coefficient (Wildman–Crippen LogP) is 2.46. The monoisotopic (exact) mass is 308 g/mol. The number of carbonyl (C=O) groups excluding carboxylic acids is 2. The molecule has 1 aromatic carbocycles. The van der Waals surface area contributed by atoms with Crippen molar-refractivity contribution in [3.05, 3.63) is 29.3 Å². The fourth-order valence-corrected chi connectivity index (χ4v) is 1.97. The standard InChI is InChI=1S/C15H20N2O3S/c1-4-20-14(19)8-7-13(18)17-15(21)16-12-6-5-10(2)9-11(12)3/h5-6,9H,4,7-8H2,1-3H3,(H2,16,17,18,21). The van der Waals surface area contributed by atoms with Crippen LogP contribution in [0.15, 0.2) is 18.2 Å². The third kappa shape index (κ3) is 6.35. The van der Waals surface area contributed by atoms with Crippen LogP contribution in [0.1, 0.15) is 30.9 Å². The van der Waals surface area contributed by atoms with Gasteiger partial charge in [-0.05, 0) is 44.6 Å². The van der Waals surface area contributed by atoms with Gasteiger partial charge in [-0.15, -0.1) is 0 Å². The number of carbonyl (C=O) groups is 2. The normalized spacial score (nSPS) is 9.86. The maximum Gasteiger partial charge on any atom is 0.306 e. The molecule has 21 heavy (non-hydrogen) atoms. The number of benzene rings is 1. The summed E-state index contributed by atoms with van der Waals surface area (Å²) < 4.78 is 4.75. The molecule has 5 nitrogen and oxygen atoms in total. The van der Waals surface area contributed by atoms with Gasteiger partial charge in [0.05, 0.1) is 13.0 Å². The Bertz CT molecular complexity index is 544. The van der Waals surface area contributed by atoms with Crippen LogP contribution in [0.2, 0.25) is 0 Å². The van der Waals surface area contributed by atoms with Gasteiger partial charge in [0.2, 0.25) is 5.91 Å². The lowest BCUT2D eigenvalue weighted by Crippen LogP contribution is -2.34. The van der Waals surface area contributed by atoms with Crippen molar-refractivity contribution in [2.45, 2.75) is 33.6 Å². The largest absolute Gasteiger partial charge is 0.466 e. The second-order valence-electron chi connectivity index (χ2n) is 4.63. The molecule has 0 saturated heterocycles. The van der Waals surface area contributed by atoms with E-state index in [1.54, 1.807) is 6.92 Å². The van der Waals surface area contributed by atoms with E-state index in [1.165, 1.54) is 0 Å². The van der Waals surface area contributed by atoms with Gasteiger partial charge in [-0.1, -0.05) is 17.7 Å². The van der Waals surface area contributed by atoms with E-state index in [9.17, 15) is 9.59 Å². The molecule has 0 bridgehead atoms. The first-order chi connectivity index (χ1) is 9.92. The first-order valence-electron chi connectivity index (χ1n) is 6.76. The molecule has 0 aliphatic carbocycles. The lowest BCUT2D eigenvalue weighted by molar-refractivity contribution is -0.144. The number of ether oxygens (including phenoxy) is 1. The van der Waals surface area contributed by atoms with Gasteiger partial charge < -0.3 is 15.4 Å². The lowest BCUT2D eigenvalue weighted by atomic mass is 10.1. The number of amides is 1. The van der Waals surface area contributed by atoms with Crippen LogP contribution < -0.4 is 10.6 Å². The van der Waals surface area contributed by atoms with Crippen LogP contribution in [0.4, 0.5) is 5.69 Å². The van der Waals surface area contributed by atoms with Crippen molar-refractivity contribution in [1.82, 2.24) is 5.32 Å². The van der Waals surface area contributed by atoms with Gasteiger partial charge in [0, 0.05) is 12.1 Å². The van der Waals surface area contributed by atoms with Crippen LogP contribution in [0.3, 0.4) is 0 Å². The maximum atomic E-state index is 11.6. The third-order valence-electron chi connectivity index (χ3n) is 2.74. The Morgan fingerprint density at radius 1 is 1.24 bits per heavy atom. The van der Waals surface area contributed by atoms with Crippen molar-refractivity contribution in [3.63, 3.8) is 0 Å². The molecule has 0 aliphatic heterocycles. The molecule has 0 aliphatic rings. The maximum absolute atomic E-state index is 11.6. The topological polar surface area (TPSA) is 67.4 Å². The zero-order chi connectivity index (χ0) is 15.8. The number of hydrogen-bond acceptors (Lipinski definition) is 4. The van der Waals surface area contributed by atoms with E-state index in [0.717, 1.165) is 16.8 Å². The molecule has 6 heteroatoms. The summed E-state index contributed by atoms with van der Waals surface area (Å²) in [7, 11) is 0. The minimum absolute atomic E-state index is 0.0475. The van der Waals surface area contributed by atoms with Crippen molar-refractivity contribution in [2.24, 2.45) is 0 Å². The highest BCUT2D eigenvalue weighted by Crippen LogP contribution is 2.15. The number of rotatable bonds is 5. The minimum Gasteiger partial charge on any atom is -0.466 e. The molecular formula is C15H20N2O3S. The summed E-state index contributed by atoms with van der Waals surface area (Å²) in [5, 5.41) is 5.72. The Morgan fingerprint density at radius 2 is 1.95 bits per heavy atom. The van der Waals surface area contributed by atoms with Crippen molar-refractivity contribution >= 4 is 34.9 Å².